The summed E-state index contributed by atoms with van der Waals surface area (Å²) in [6.07, 6.45) is 3.03. The summed E-state index contributed by atoms with van der Waals surface area (Å²) in [7, 11) is -1.42. The first-order chi connectivity index (χ1) is 9.95. The van der Waals surface area contributed by atoms with Gasteiger partial charge in [-0.1, -0.05) is 22.0 Å². The van der Waals surface area contributed by atoms with Crippen LogP contribution in [0.2, 0.25) is 0 Å². The van der Waals surface area contributed by atoms with Gasteiger partial charge >= 0.3 is 0 Å². The average Bonchev–Trinajstić information content (AvgIpc) is 2.48. The predicted octanol–water partition coefficient (Wildman–Crippen LogP) is 2.77. The van der Waals surface area contributed by atoms with Gasteiger partial charge in [0.2, 0.25) is 10.0 Å². The van der Waals surface area contributed by atoms with Gasteiger partial charge in [-0.25, -0.2) is 8.42 Å². The fourth-order valence-corrected chi connectivity index (χ4v) is 5.01. The van der Waals surface area contributed by atoms with E-state index in [9.17, 15) is 8.42 Å². The molecule has 0 aromatic heterocycles. The maximum absolute atomic E-state index is 12.8. The van der Waals surface area contributed by atoms with E-state index >= 15 is 0 Å². The molecule has 1 saturated heterocycles. The zero-order chi connectivity index (χ0) is 15.5. The molecule has 0 spiro atoms. The molecule has 4 nitrogen and oxygen atoms in total. The van der Waals surface area contributed by atoms with E-state index in [1.54, 1.807) is 10.4 Å². The Kier molecular flexibility index (Phi) is 5.82. The largest absolute Gasteiger partial charge is 0.320 e. The summed E-state index contributed by atoms with van der Waals surface area (Å²) in [5.74, 6) is 0.632. The molecular weight excluding hydrogens is 352 g/mol. The number of rotatable bonds is 5. The van der Waals surface area contributed by atoms with Gasteiger partial charge in [-0.05, 0) is 63.4 Å². The first-order valence-corrected chi connectivity index (χ1v) is 9.59. The topological polar surface area (TPSA) is 49.4 Å². The van der Waals surface area contributed by atoms with Gasteiger partial charge in [-0.15, -0.1) is 0 Å². The molecule has 0 atom stereocenters. The summed E-state index contributed by atoms with van der Waals surface area (Å²) >= 11 is 3.36. The Morgan fingerprint density at radius 1 is 1.33 bits per heavy atom. The summed E-state index contributed by atoms with van der Waals surface area (Å²) in [6, 6.07) is 5.42. The Morgan fingerprint density at radius 3 is 2.62 bits per heavy atom. The smallest absolute Gasteiger partial charge is 0.243 e. The van der Waals surface area contributed by atoms with Crippen molar-refractivity contribution in [3.05, 3.63) is 28.2 Å². The maximum Gasteiger partial charge on any atom is 0.243 e. The molecule has 0 saturated carbocycles. The van der Waals surface area contributed by atoms with Gasteiger partial charge in [0.1, 0.15) is 0 Å². The number of benzene rings is 1. The number of sulfonamides is 1. The van der Waals surface area contributed by atoms with Crippen molar-refractivity contribution in [2.45, 2.75) is 31.1 Å². The monoisotopic (exact) mass is 374 g/mol. The summed E-state index contributed by atoms with van der Waals surface area (Å²) in [5, 5.41) is 3.16. The van der Waals surface area contributed by atoms with Crippen molar-refractivity contribution in [2.24, 2.45) is 5.92 Å². The van der Waals surface area contributed by atoms with Crippen LogP contribution in [-0.2, 0) is 10.0 Å². The number of nitrogens with one attached hydrogen (secondary N) is 1. The van der Waals surface area contributed by atoms with Crippen LogP contribution in [0.1, 0.15) is 24.8 Å². The van der Waals surface area contributed by atoms with E-state index in [4.69, 9.17) is 0 Å². The van der Waals surface area contributed by atoms with Crippen LogP contribution in [0, 0.1) is 12.8 Å². The maximum atomic E-state index is 12.8. The second-order valence-corrected chi connectivity index (χ2v) is 8.47. The summed E-state index contributed by atoms with van der Waals surface area (Å²) in [5.41, 5.74) is 0.801. The first-order valence-electron chi connectivity index (χ1n) is 7.36. The van der Waals surface area contributed by atoms with Crippen LogP contribution in [0.5, 0.6) is 0 Å². The molecule has 0 bridgehead atoms. The van der Waals surface area contributed by atoms with Crippen molar-refractivity contribution in [3.8, 4) is 0 Å². The van der Waals surface area contributed by atoms with Gasteiger partial charge in [-0.2, -0.15) is 4.31 Å². The second kappa shape index (κ2) is 7.22. The lowest BCUT2D eigenvalue weighted by molar-refractivity contribution is 0.263. The molecule has 0 radical (unpaired) electrons. The Bertz CT molecular complexity index is 581. The highest BCUT2D eigenvalue weighted by Crippen LogP contribution is 2.28. The van der Waals surface area contributed by atoms with Crippen LogP contribution in [0.25, 0.3) is 0 Å². The van der Waals surface area contributed by atoms with Crippen molar-refractivity contribution < 1.29 is 8.42 Å². The molecule has 1 aromatic rings. The van der Waals surface area contributed by atoms with Gasteiger partial charge in [0.15, 0.2) is 0 Å². The van der Waals surface area contributed by atoms with Crippen molar-refractivity contribution in [1.82, 2.24) is 9.62 Å². The van der Waals surface area contributed by atoms with Crippen LogP contribution in [0.4, 0.5) is 0 Å². The van der Waals surface area contributed by atoms with Gasteiger partial charge in [0.25, 0.3) is 0 Å². The van der Waals surface area contributed by atoms with E-state index in [-0.39, 0.29) is 0 Å². The van der Waals surface area contributed by atoms with Gasteiger partial charge in [0, 0.05) is 17.6 Å². The third-order valence-electron chi connectivity index (χ3n) is 4.14. The Balaban J connectivity index is 2.10. The highest BCUT2D eigenvalue weighted by atomic mass is 79.9. The Labute approximate surface area is 136 Å². The molecule has 0 amide bonds. The lowest BCUT2D eigenvalue weighted by Gasteiger charge is -2.31. The summed E-state index contributed by atoms with van der Waals surface area (Å²) < 4.78 is 28.0. The summed E-state index contributed by atoms with van der Waals surface area (Å²) in [6.45, 7) is 4.10. The Morgan fingerprint density at radius 2 is 2.00 bits per heavy atom. The van der Waals surface area contributed by atoms with E-state index in [1.807, 2.05) is 26.1 Å². The number of piperidine rings is 1. The lowest BCUT2D eigenvalue weighted by atomic mass is 9.95. The quantitative estimate of drug-likeness (QED) is 0.861. The van der Waals surface area contributed by atoms with E-state index < -0.39 is 10.0 Å². The van der Waals surface area contributed by atoms with E-state index in [2.05, 4.69) is 21.2 Å². The van der Waals surface area contributed by atoms with Crippen LogP contribution in [0.3, 0.4) is 0 Å². The van der Waals surface area contributed by atoms with Gasteiger partial charge < -0.3 is 5.32 Å². The highest BCUT2D eigenvalue weighted by Gasteiger charge is 2.30. The minimum absolute atomic E-state index is 0.422. The number of halogens is 1. The molecule has 0 unspecified atom stereocenters. The van der Waals surface area contributed by atoms with Crippen molar-refractivity contribution >= 4 is 26.0 Å². The Hall–Kier alpha value is -0.430. The van der Waals surface area contributed by atoms with E-state index in [0.717, 1.165) is 35.8 Å². The first kappa shape index (κ1) is 16.9. The van der Waals surface area contributed by atoms with Crippen LogP contribution >= 0.6 is 15.9 Å². The third kappa shape index (κ3) is 4.06. The molecule has 1 fully saturated rings. The van der Waals surface area contributed by atoms with Crippen molar-refractivity contribution in [1.29, 1.82) is 0 Å². The number of aryl methyl sites for hydroxylation is 1. The van der Waals surface area contributed by atoms with E-state index in [0.29, 0.717) is 23.9 Å². The molecular formula is C15H23BrN2O2S. The molecule has 1 N–H and O–H groups in total. The van der Waals surface area contributed by atoms with Gasteiger partial charge in [-0.3, -0.25) is 0 Å². The normalized spacial score (nSPS) is 18.0. The molecule has 1 aromatic carbocycles. The standard InChI is InChI=1S/C15H23BrN2O2S/c1-12-3-4-14(16)11-15(12)21(19,20)18-9-6-13(7-10-18)5-8-17-2/h3-4,11,13,17H,5-10H2,1-2H3. The fraction of sp³-hybridized carbons (Fsp3) is 0.600. The van der Waals surface area contributed by atoms with Crippen molar-refractivity contribution in [3.63, 3.8) is 0 Å². The molecule has 6 heteroatoms. The van der Waals surface area contributed by atoms with Crippen LogP contribution in [-0.4, -0.2) is 39.4 Å². The zero-order valence-electron chi connectivity index (χ0n) is 12.6. The minimum atomic E-state index is -3.37. The van der Waals surface area contributed by atoms with Crippen LogP contribution in [0.15, 0.2) is 27.6 Å². The highest BCUT2D eigenvalue weighted by molar-refractivity contribution is 9.10. The predicted molar refractivity (Wildman–Crippen MR) is 88.9 cm³/mol. The van der Waals surface area contributed by atoms with Crippen molar-refractivity contribution in [2.75, 3.05) is 26.7 Å². The molecule has 2 rings (SSSR count). The zero-order valence-corrected chi connectivity index (χ0v) is 15.0. The summed E-state index contributed by atoms with van der Waals surface area (Å²) in [4.78, 5) is 0.422. The molecule has 118 valence electrons. The minimum Gasteiger partial charge on any atom is -0.320 e. The number of hydrogen-bond donors (Lipinski definition) is 1. The average molecular weight is 375 g/mol. The number of nitrogens with zero attached hydrogens (tertiary/aromatic N) is 1. The third-order valence-corrected chi connectivity index (χ3v) is 6.68. The van der Waals surface area contributed by atoms with E-state index in [1.165, 1.54) is 0 Å². The number of hydrogen-bond acceptors (Lipinski definition) is 3. The molecule has 21 heavy (non-hydrogen) atoms. The van der Waals surface area contributed by atoms with Gasteiger partial charge in [0.05, 0.1) is 4.90 Å². The molecule has 1 heterocycles. The lowest BCUT2D eigenvalue weighted by Crippen LogP contribution is -2.39. The molecule has 0 aliphatic carbocycles. The SMILES string of the molecule is CNCCC1CCN(S(=O)(=O)c2cc(Br)ccc2C)CC1. The second-order valence-electron chi connectivity index (χ2n) is 5.65. The van der Waals surface area contributed by atoms with Crippen LogP contribution < -0.4 is 5.32 Å². The molecule has 1 aliphatic heterocycles. The fourth-order valence-electron chi connectivity index (χ4n) is 2.78. The molecule has 1 aliphatic rings.